The van der Waals surface area contributed by atoms with Gasteiger partial charge in [-0.05, 0) is 23.8 Å². The Morgan fingerprint density at radius 3 is 2.48 bits per heavy atom. The molecule has 1 unspecified atom stereocenters. The first kappa shape index (κ1) is 14.9. The summed E-state index contributed by atoms with van der Waals surface area (Å²) in [5.74, 6) is -1.90. The minimum Gasteiger partial charge on any atom is -0.370 e. The summed E-state index contributed by atoms with van der Waals surface area (Å²) in [5, 5.41) is 16.6. The molecular weight excluding hydrogens is 308 g/mol. The van der Waals surface area contributed by atoms with Crippen LogP contribution in [0.15, 0.2) is 36.4 Å². The highest BCUT2D eigenvalue weighted by atomic mass is 19.1. The zero-order valence-corrected chi connectivity index (χ0v) is 11.7. The summed E-state index contributed by atoms with van der Waals surface area (Å²) in [6.07, 6.45) is 0. The summed E-state index contributed by atoms with van der Waals surface area (Å²) in [5.41, 5.74) is -0.0793. The Bertz CT molecular complexity index is 793. The SMILES string of the molecule is O=C1NCC(c2ccc(F)cc2)Nc2c1cc(F)cc2[N+](=O)[O-]. The third kappa shape index (κ3) is 2.83. The number of nitrogens with zero attached hydrogens (tertiary/aromatic N) is 1. The molecular formula is C15H11F2N3O3. The van der Waals surface area contributed by atoms with Crippen molar-refractivity contribution in [1.29, 1.82) is 0 Å². The molecule has 0 fully saturated rings. The normalized spacial score (nSPS) is 16.8. The Hall–Kier alpha value is -3.03. The number of fused-ring (bicyclic) bond motifs is 1. The second-order valence-corrected chi connectivity index (χ2v) is 5.06. The number of halogens is 2. The molecule has 0 saturated carbocycles. The Labute approximate surface area is 129 Å². The minimum atomic E-state index is -0.868. The van der Waals surface area contributed by atoms with Gasteiger partial charge in [0, 0.05) is 6.54 Å². The average Bonchev–Trinajstić information content (AvgIpc) is 2.67. The van der Waals surface area contributed by atoms with E-state index in [1.54, 1.807) is 0 Å². The lowest BCUT2D eigenvalue weighted by molar-refractivity contribution is -0.384. The predicted octanol–water partition coefficient (Wildman–Crippen LogP) is 2.77. The molecule has 1 heterocycles. The Morgan fingerprint density at radius 1 is 1.13 bits per heavy atom. The summed E-state index contributed by atoms with van der Waals surface area (Å²) < 4.78 is 26.6. The van der Waals surface area contributed by atoms with Crippen LogP contribution in [0.2, 0.25) is 0 Å². The Kier molecular flexibility index (Phi) is 3.65. The fourth-order valence-corrected chi connectivity index (χ4v) is 2.48. The van der Waals surface area contributed by atoms with E-state index in [-0.39, 0.29) is 17.8 Å². The number of amides is 1. The van der Waals surface area contributed by atoms with Gasteiger partial charge < -0.3 is 10.6 Å². The van der Waals surface area contributed by atoms with Crippen LogP contribution in [-0.4, -0.2) is 17.4 Å². The molecule has 23 heavy (non-hydrogen) atoms. The van der Waals surface area contributed by atoms with Gasteiger partial charge in [-0.1, -0.05) is 12.1 Å². The molecule has 1 aliphatic rings. The van der Waals surface area contributed by atoms with E-state index in [1.165, 1.54) is 24.3 Å². The minimum absolute atomic E-state index is 0.0549. The number of carbonyl (C=O) groups is 1. The number of benzene rings is 2. The van der Waals surface area contributed by atoms with Gasteiger partial charge in [0.15, 0.2) is 0 Å². The van der Waals surface area contributed by atoms with E-state index in [0.717, 1.165) is 12.1 Å². The summed E-state index contributed by atoms with van der Waals surface area (Å²) in [6, 6.07) is 6.72. The summed E-state index contributed by atoms with van der Waals surface area (Å²) in [7, 11) is 0. The average molecular weight is 319 g/mol. The van der Waals surface area contributed by atoms with E-state index >= 15 is 0 Å². The van der Waals surface area contributed by atoms with Crippen molar-refractivity contribution in [3.63, 3.8) is 0 Å². The maximum absolute atomic E-state index is 13.5. The number of rotatable bonds is 2. The van der Waals surface area contributed by atoms with Crippen molar-refractivity contribution < 1.29 is 18.5 Å². The molecule has 2 N–H and O–H groups in total. The maximum atomic E-state index is 13.5. The molecule has 3 rings (SSSR count). The van der Waals surface area contributed by atoms with Gasteiger partial charge in [-0.25, -0.2) is 8.78 Å². The molecule has 1 aliphatic heterocycles. The van der Waals surface area contributed by atoms with E-state index in [0.29, 0.717) is 5.56 Å². The predicted molar refractivity (Wildman–Crippen MR) is 78.2 cm³/mol. The lowest BCUT2D eigenvalue weighted by Gasteiger charge is -2.18. The molecule has 8 heteroatoms. The van der Waals surface area contributed by atoms with E-state index < -0.39 is 34.2 Å². The lowest BCUT2D eigenvalue weighted by atomic mass is 10.1. The highest BCUT2D eigenvalue weighted by Gasteiger charge is 2.29. The highest BCUT2D eigenvalue weighted by Crippen LogP contribution is 2.34. The number of nitro groups is 1. The van der Waals surface area contributed by atoms with Gasteiger partial charge in [0.05, 0.1) is 22.6 Å². The van der Waals surface area contributed by atoms with Gasteiger partial charge in [0.2, 0.25) is 0 Å². The zero-order chi connectivity index (χ0) is 16.6. The van der Waals surface area contributed by atoms with Gasteiger partial charge in [-0.15, -0.1) is 0 Å². The van der Waals surface area contributed by atoms with Crippen LogP contribution >= 0.6 is 0 Å². The van der Waals surface area contributed by atoms with Crippen LogP contribution in [0.4, 0.5) is 20.2 Å². The number of hydrogen-bond acceptors (Lipinski definition) is 4. The van der Waals surface area contributed by atoms with Crippen molar-refractivity contribution in [2.24, 2.45) is 0 Å². The fraction of sp³-hybridized carbons (Fsp3) is 0.133. The first-order chi connectivity index (χ1) is 11.0. The number of anilines is 1. The number of nitrogens with one attached hydrogen (secondary N) is 2. The Morgan fingerprint density at radius 2 is 1.83 bits per heavy atom. The third-order valence-corrected chi connectivity index (χ3v) is 3.58. The molecule has 1 atom stereocenters. The number of nitro benzene ring substituents is 1. The summed E-state index contributed by atoms with van der Waals surface area (Å²) in [4.78, 5) is 22.5. The fourth-order valence-electron chi connectivity index (χ4n) is 2.48. The molecule has 0 saturated heterocycles. The summed E-state index contributed by atoms with van der Waals surface area (Å²) in [6.45, 7) is 0.123. The first-order valence-corrected chi connectivity index (χ1v) is 6.74. The van der Waals surface area contributed by atoms with Crippen LogP contribution in [0, 0.1) is 21.7 Å². The van der Waals surface area contributed by atoms with Crippen molar-refractivity contribution in [2.45, 2.75) is 6.04 Å². The summed E-state index contributed by atoms with van der Waals surface area (Å²) >= 11 is 0. The molecule has 0 radical (unpaired) electrons. The molecule has 118 valence electrons. The van der Waals surface area contributed by atoms with Crippen LogP contribution < -0.4 is 10.6 Å². The van der Waals surface area contributed by atoms with Crippen LogP contribution in [0.25, 0.3) is 0 Å². The monoisotopic (exact) mass is 319 g/mol. The van der Waals surface area contributed by atoms with E-state index in [2.05, 4.69) is 10.6 Å². The van der Waals surface area contributed by atoms with Gasteiger partial charge in [-0.3, -0.25) is 14.9 Å². The molecule has 2 aromatic carbocycles. The largest absolute Gasteiger partial charge is 0.370 e. The van der Waals surface area contributed by atoms with E-state index in [4.69, 9.17) is 0 Å². The smallest absolute Gasteiger partial charge is 0.296 e. The van der Waals surface area contributed by atoms with Crippen LogP contribution in [0.3, 0.4) is 0 Å². The zero-order valence-electron chi connectivity index (χ0n) is 11.7. The van der Waals surface area contributed by atoms with Crippen molar-refractivity contribution in [3.8, 4) is 0 Å². The third-order valence-electron chi connectivity index (χ3n) is 3.58. The second-order valence-electron chi connectivity index (χ2n) is 5.06. The van der Waals surface area contributed by atoms with Crippen LogP contribution in [-0.2, 0) is 0 Å². The molecule has 0 spiro atoms. The van der Waals surface area contributed by atoms with Crippen molar-refractivity contribution in [3.05, 3.63) is 69.3 Å². The molecule has 1 amide bonds. The lowest BCUT2D eigenvalue weighted by Crippen LogP contribution is -2.27. The molecule has 6 nitrogen and oxygen atoms in total. The number of carbonyl (C=O) groups excluding carboxylic acids is 1. The number of hydrogen-bond donors (Lipinski definition) is 2. The quantitative estimate of drug-likeness (QED) is 0.658. The Balaban J connectivity index is 2.08. The highest BCUT2D eigenvalue weighted by molar-refractivity contribution is 6.02. The van der Waals surface area contributed by atoms with Crippen molar-refractivity contribution in [1.82, 2.24) is 5.32 Å². The maximum Gasteiger partial charge on any atom is 0.296 e. The molecule has 0 bridgehead atoms. The van der Waals surface area contributed by atoms with Crippen molar-refractivity contribution in [2.75, 3.05) is 11.9 Å². The van der Waals surface area contributed by atoms with Gasteiger partial charge in [-0.2, -0.15) is 0 Å². The van der Waals surface area contributed by atoms with E-state index in [9.17, 15) is 23.7 Å². The second kappa shape index (κ2) is 5.64. The van der Waals surface area contributed by atoms with Crippen molar-refractivity contribution >= 4 is 17.3 Å². The standard InChI is InChI=1S/C15H11F2N3O3/c16-9-3-1-8(2-4-9)12-7-18-15(21)11-5-10(17)6-13(20(22)23)14(11)19-12/h1-6,12,19H,7H2,(H,18,21). The van der Waals surface area contributed by atoms with Gasteiger partial charge in [0.25, 0.3) is 11.6 Å². The molecule has 0 aromatic heterocycles. The molecule has 0 aliphatic carbocycles. The van der Waals surface area contributed by atoms with Gasteiger partial charge >= 0.3 is 0 Å². The van der Waals surface area contributed by atoms with E-state index in [1.807, 2.05) is 0 Å². The molecule has 2 aromatic rings. The topological polar surface area (TPSA) is 84.3 Å². The van der Waals surface area contributed by atoms with Crippen LogP contribution in [0.5, 0.6) is 0 Å². The first-order valence-electron chi connectivity index (χ1n) is 6.74. The van der Waals surface area contributed by atoms with Crippen LogP contribution in [0.1, 0.15) is 22.0 Å². The van der Waals surface area contributed by atoms with Gasteiger partial charge in [0.1, 0.15) is 17.3 Å².